The van der Waals surface area contributed by atoms with Crippen molar-refractivity contribution >= 4 is 44.7 Å². The molecule has 0 atom stereocenters. The number of hydrogen-bond acceptors (Lipinski definition) is 4. The number of benzene rings is 1. The Morgan fingerprint density at radius 1 is 1.16 bits per heavy atom. The molecule has 0 radical (unpaired) electrons. The van der Waals surface area contributed by atoms with Crippen molar-refractivity contribution in [1.29, 1.82) is 0 Å². The first-order chi connectivity index (χ1) is 9.26. The van der Waals surface area contributed by atoms with Crippen LogP contribution in [0.1, 0.15) is 12.5 Å². The Hall–Kier alpha value is -1.65. The Balaban J connectivity index is 1.97. The molecule has 0 aliphatic heterocycles. The maximum Gasteiger partial charge on any atom is 0.224 e. The van der Waals surface area contributed by atoms with Gasteiger partial charge >= 0.3 is 0 Å². The summed E-state index contributed by atoms with van der Waals surface area (Å²) >= 11 is 7.54. The third kappa shape index (κ3) is 2.55. The maximum atomic E-state index is 5.94. The largest absolute Gasteiger partial charge is 0.339 e. The third-order valence-corrected chi connectivity index (χ3v) is 3.98. The van der Waals surface area contributed by atoms with Gasteiger partial charge in [-0.2, -0.15) is 4.98 Å². The third-order valence-electron chi connectivity index (χ3n) is 2.90. The quantitative estimate of drug-likeness (QED) is 0.713. The van der Waals surface area contributed by atoms with Crippen LogP contribution in [0.15, 0.2) is 35.7 Å². The van der Waals surface area contributed by atoms with Crippen LogP contribution in [0.2, 0.25) is 5.28 Å². The van der Waals surface area contributed by atoms with Gasteiger partial charge in [-0.25, -0.2) is 4.98 Å². The Morgan fingerprint density at radius 3 is 2.68 bits per heavy atom. The Morgan fingerprint density at radius 2 is 1.95 bits per heavy atom. The summed E-state index contributed by atoms with van der Waals surface area (Å²) in [5.74, 6) is 0.759. The van der Waals surface area contributed by atoms with Crippen LogP contribution in [-0.2, 0) is 6.42 Å². The molecule has 1 aromatic carbocycles. The molecule has 3 aromatic rings. The molecule has 0 bridgehead atoms. The summed E-state index contributed by atoms with van der Waals surface area (Å²) in [6.45, 7) is 2.14. The fraction of sp³-hybridized carbons (Fsp3) is 0.143. The highest BCUT2D eigenvalue weighted by atomic mass is 35.5. The van der Waals surface area contributed by atoms with E-state index in [0.29, 0.717) is 0 Å². The normalized spacial score (nSPS) is 10.8. The average molecular weight is 290 g/mol. The number of fused-ring (bicyclic) bond motifs is 1. The van der Waals surface area contributed by atoms with E-state index < -0.39 is 0 Å². The Bertz CT molecular complexity index is 706. The second kappa shape index (κ2) is 5.15. The zero-order chi connectivity index (χ0) is 13.2. The number of aryl methyl sites for hydroxylation is 1. The Kier molecular flexibility index (Phi) is 3.36. The van der Waals surface area contributed by atoms with E-state index in [4.69, 9.17) is 11.6 Å². The zero-order valence-electron chi connectivity index (χ0n) is 10.4. The average Bonchev–Trinajstić information content (AvgIpc) is 2.88. The predicted molar refractivity (Wildman–Crippen MR) is 81.5 cm³/mol. The van der Waals surface area contributed by atoms with Crippen molar-refractivity contribution in [2.45, 2.75) is 13.3 Å². The molecule has 1 N–H and O–H groups in total. The van der Waals surface area contributed by atoms with E-state index >= 15 is 0 Å². The summed E-state index contributed by atoms with van der Waals surface area (Å²) in [6.07, 6.45) is 1.04. The minimum atomic E-state index is 0.263. The smallest absolute Gasteiger partial charge is 0.224 e. The van der Waals surface area contributed by atoms with E-state index in [0.717, 1.165) is 28.1 Å². The molecule has 0 amide bonds. The molecular weight excluding hydrogens is 278 g/mol. The summed E-state index contributed by atoms with van der Waals surface area (Å²) in [7, 11) is 0. The molecule has 3 nitrogen and oxygen atoms in total. The lowest BCUT2D eigenvalue weighted by molar-refractivity contribution is 1.14. The van der Waals surface area contributed by atoms with Gasteiger partial charge in [0.05, 0.1) is 10.2 Å². The maximum absolute atomic E-state index is 5.94. The fourth-order valence-corrected chi connectivity index (χ4v) is 2.83. The van der Waals surface area contributed by atoms with E-state index in [-0.39, 0.29) is 5.28 Å². The molecule has 0 fully saturated rings. The second-order valence-corrected chi connectivity index (χ2v) is 5.41. The number of rotatable bonds is 3. The molecule has 3 rings (SSSR count). The van der Waals surface area contributed by atoms with Gasteiger partial charge in [0.1, 0.15) is 0 Å². The lowest BCUT2D eigenvalue weighted by atomic mass is 10.1. The van der Waals surface area contributed by atoms with Gasteiger partial charge in [0.25, 0.3) is 0 Å². The second-order valence-electron chi connectivity index (χ2n) is 4.15. The van der Waals surface area contributed by atoms with Gasteiger partial charge in [0, 0.05) is 5.69 Å². The first kappa shape index (κ1) is 12.4. The topological polar surface area (TPSA) is 37.8 Å². The van der Waals surface area contributed by atoms with Crippen LogP contribution < -0.4 is 5.32 Å². The van der Waals surface area contributed by atoms with Crippen molar-refractivity contribution in [1.82, 2.24) is 9.97 Å². The molecule has 96 valence electrons. The monoisotopic (exact) mass is 289 g/mol. The molecule has 2 aromatic heterocycles. The molecular formula is C14H12ClN3S. The first-order valence-electron chi connectivity index (χ1n) is 6.03. The molecule has 0 aliphatic rings. The van der Waals surface area contributed by atoms with Crippen molar-refractivity contribution in [2.24, 2.45) is 0 Å². The number of nitrogens with zero attached hydrogens (tertiary/aromatic N) is 2. The lowest BCUT2D eigenvalue weighted by Crippen LogP contribution is -1.95. The van der Waals surface area contributed by atoms with E-state index in [2.05, 4.69) is 34.3 Å². The van der Waals surface area contributed by atoms with Crippen LogP contribution in [0.25, 0.3) is 10.2 Å². The number of nitrogens with one attached hydrogen (secondary N) is 1. The van der Waals surface area contributed by atoms with Crippen LogP contribution in [0.5, 0.6) is 0 Å². The fourth-order valence-electron chi connectivity index (χ4n) is 1.88. The van der Waals surface area contributed by atoms with E-state index in [1.807, 2.05) is 23.6 Å². The molecule has 0 saturated carbocycles. The van der Waals surface area contributed by atoms with Gasteiger partial charge < -0.3 is 5.32 Å². The summed E-state index contributed by atoms with van der Waals surface area (Å²) in [6, 6.07) is 10.3. The SMILES string of the molecule is CCc1ccc(Nc2nc(Cl)nc3ccsc23)cc1. The standard InChI is InChI=1S/C14H12ClN3S/c1-2-9-3-5-10(6-4-9)16-13-12-11(7-8-19-12)17-14(15)18-13/h3-8H,2H2,1H3,(H,16,17,18). The number of aromatic nitrogens is 2. The van der Waals surface area contributed by atoms with E-state index in [1.165, 1.54) is 5.56 Å². The predicted octanol–water partition coefficient (Wildman–Crippen LogP) is 4.65. The van der Waals surface area contributed by atoms with E-state index in [9.17, 15) is 0 Å². The van der Waals surface area contributed by atoms with Crippen molar-refractivity contribution in [3.8, 4) is 0 Å². The molecule has 0 unspecified atom stereocenters. The highest BCUT2D eigenvalue weighted by molar-refractivity contribution is 7.17. The van der Waals surface area contributed by atoms with Crippen molar-refractivity contribution in [3.05, 3.63) is 46.6 Å². The van der Waals surface area contributed by atoms with Crippen LogP contribution in [0.3, 0.4) is 0 Å². The minimum absolute atomic E-state index is 0.263. The number of halogens is 1. The van der Waals surface area contributed by atoms with Gasteiger partial charge in [0.15, 0.2) is 5.82 Å². The van der Waals surface area contributed by atoms with Crippen molar-refractivity contribution < 1.29 is 0 Å². The van der Waals surface area contributed by atoms with Gasteiger partial charge in [-0.3, -0.25) is 0 Å². The Labute approximate surface area is 120 Å². The van der Waals surface area contributed by atoms with Crippen molar-refractivity contribution in [2.75, 3.05) is 5.32 Å². The highest BCUT2D eigenvalue weighted by Gasteiger charge is 2.08. The van der Waals surface area contributed by atoms with E-state index in [1.54, 1.807) is 11.3 Å². The van der Waals surface area contributed by atoms with Gasteiger partial charge in [0.2, 0.25) is 5.28 Å². The summed E-state index contributed by atoms with van der Waals surface area (Å²) in [5, 5.41) is 5.55. The molecule has 0 spiro atoms. The molecule has 0 aliphatic carbocycles. The van der Waals surface area contributed by atoms with Gasteiger partial charge in [-0.1, -0.05) is 19.1 Å². The molecule has 5 heteroatoms. The molecule has 2 heterocycles. The summed E-state index contributed by atoms with van der Waals surface area (Å²) in [5.41, 5.74) is 3.19. The van der Waals surface area contributed by atoms with Crippen molar-refractivity contribution in [3.63, 3.8) is 0 Å². The van der Waals surface area contributed by atoms with Crippen LogP contribution in [0.4, 0.5) is 11.5 Å². The number of hydrogen-bond donors (Lipinski definition) is 1. The van der Waals surface area contributed by atoms with Crippen LogP contribution in [-0.4, -0.2) is 9.97 Å². The zero-order valence-corrected chi connectivity index (χ0v) is 11.9. The molecule has 19 heavy (non-hydrogen) atoms. The van der Waals surface area contributed by atoms with Crippen LogP contribution in [0, 0.1) is 0 Å². The summed E-state index contributed by atoms with van der Waals surface area (Å²) < 4.78 is 1.02. The highest BCUT2D eigenvalue weighted by Crippen LogP contribution is 2.29. The first-order valence-corrected chi connectivity index (χ1v) is 7.28. The molecule has 0 saturated heterocycles. The minimum Gasteiger partial charge on any atom is -0.339 e. The lowest BCUT2D eigenvalue weighted by Gasteiger charge is -2.07. The summed E-state index contributed by atoms with van der Waals surface area (Å²) in [4.78, 5) is 8.46. The van der Waals surface area contributed by atoms with Crippen LogP contribution >= 0.6 is 22.9 Å². The number of thiophene rings is 1. The van der Waals surface area contributed by atoms with Gasteiger partial charge in [-0.15, -0.1) is 11.3 Å². The number of anilines is 2. The van der Waals surface area contributed by atoms with Gasteiger partial charge in [-0.05, 0) is 47.2 Å².